The van der Waals surface area contributed by atoms with Crippen molar-refractivity contribution in [1.29, 1.82) is 0 Å². The van der Waals surface area contributed by atoms with Crippen LogP contribution in [0.1, 0.15) is 0 Å². The molecule has 0 fully saturated rings. The second-order valence-corrected chi connectivity index (χ2v) is 14.2. The Hall–Kier alpha value is -7.76. The highest BCUT2D eigenvalue weighted by Crippen LogP contribution is 2.42. The molecule has 57 heavy (non-hydrogen) atoms. The Kier molecular flexibility index (Phi) is 7.74. The number of hydrogen-bond donors (Lipinski definition) is 0. The third kappa shape index (κ3) is 5.81. The molecule has 0 amide bonds. The van der Waals surface area contributed by atoms with Crippen LogP contribution in [0, 0.1) is 0 Å². The van der Waals surface area contributed by atoms with Crippen LogP contribution in [-0.2, 0) is 0 Å². The van der Waals surface area contributed by atoms with Gasteiger partial charge >= 0.3 is 0 Å². The molecule has 0 aliphatic carbocycles. The lowest BCUT2D eigenvalue weighted by molar-refractivity contribution is 0.669. The number of aromatic nitrogens is 4. The first-order valence-corrected chi connectivity index (χ1v) is 19.0. The molecule has 0 aliphatic heterocycles. The van der Waals surface area contributed by atoms with E-state index >= 15 is 0 Å². The number of hydrogen-bond acceptors (Lipinski definition) is 5. The van der Waals surface area contributed by atoms with E-state index in [9.17, 15) is 0 Å². The molecule has 8 aromatic carbocycles. The van der Waals surface area contributed by atoms with Gasteiger partial charge in [-0.1, -0.05) is 176 Å². The first-order valence-electron chi connectivity index (χ1n) is 19.0. The van der Waals surface area contributed by atoms with Crippen LogP contribution in [0.15, 0.2) is 199 Å². The van der Waals surface area contributed by atoms with Crippen molar-refractivity contribution in [3.05, 3.63) is 194 Å². The number of rotatable bonds is 6. The minimum Gasteiger partial charge on any atom is -0.454 e. The number of nitrogens with zero attached hydrogens (tertiary/aromatic N) is 4. The van der Waals surface area contributed by atoms with Gasteiger partial charge in [-0.25, -0.2) is 19.9 Å². The van der Waals surface area contributed by atoms with Gasteiger partial charge in [-0.3, -0.25) is 0 Å². The number of benzene rings is 8. The number of furan rings is 1. The standard InChI is InChI=1S/C52H32N4O/c1-3-13-33(14-4-1)34-25-27-37(28-26-34)51-54-50(36-16-5-2-6-17-36)55-52(56-51)41-21-12-19-39(32-41)38-18-11-20-40(31-38)47-49-46(43-23-9-10-24-45(43)57-49)44-30-29-35-15-7-8-22-42(35)48(44)53-47/h1-32H. The fraction of sp³-hybridized carbons (Fsp3) is 0. The molecule has 266 valence electrons. The van der Waals surface area contributed by atoms with E-state index in [1.165, 1.54) is 0 Å². The minimum atomic E-state index is 0.607. The average molecular weight is 729 g/mol. The number of pyridine rings is 1. The van der Waals surface area contributed by atoms with E-state index in [1.807, 2.05) is 48.5 Å². The lowest BCUT2D eigenvalue weighted by Gasteiger charge is -2.11. The SMILES string of the molecule is c1ccc(-c2ccc(-c3nc(-c4ccccc4)nc(-c4cccc(-c5cccc(-c6nc7c8ccccc8ccc7c7c6oc6ccccc67)c5)c4)n3)cc2)cc1. The Morgan fingerprint density at radius 1 is 0.316 bits per heavy atom. The predicted molar refractivity (Wildman–Crippen MR) is 233 cm³/mol. The molecule has 0 bridgehead atoms. The molecule has 0 unspecified atom stereocenters. The van der Waals surface area contributed by atoms with E-state index in [-0.39, 0.29) is 0 Å². The monoisotopic (exact) mass is 728 g/mol. The van der Waals surface area contributed by atoms with Crippen LogP contribution in [0.2, 0.25) is 0 Å². The maximum atomic E-state index is 6.62. The third-order valence-corrected chi connectivity index (χ3v) is 10.7. The van der Waals surface area contributed by atoms with Gasteiger partial charge in [0.15, 0.2) is 23.1 Å². The van der Waals surface area contributed by atoms with Crippen molar-refractivity contribution in [1.82, 2.24) is 19.9 Å². The normalized spacial score (nSPS) is 11.5. The van der Waals surface area contributed by atoms with Gasteiger partial charge in [0.05, 0.1) is 5.52 Å². The maximum Gasteiger partial charge on any atom is 0.164 e. The molecule has 11 aromatic rings. The Balaban J connectivity index is 1.03. The highest BCUT2D eigenvalue weighted by molar-refractivity contribution is 6.24. The van der Waals surface area contributed by atoms with E-state index < -0.39 is 0 Å². The smallest absolute Gasteiger partial charge is 0.164 e. The number of fused-ring (bicyclic) bond motifs is 7. The topological polar surface area (TPSA) is 64.7 Å². The summed E-state index contributed by atoms with van der Waals surface area (Å²) < 4.78 is 6.62. The van der Waals surface area contributed by atoms with Gasteiger partial charge in [0.25, 0.3) is 0 Å². The van der Waals surface area contributed by atoms with Crippen LogP contribution in [0.3, 0.4) is 0 Å². The van der Waals surface area contributed by atoms with E-state index in [0.717, 1.165) is 93.8 Å². The van der Waals surface area contributed by atoms with Crippen LogP contribution in [0.5, 0.6) is 0 Å². The van der Waals surface area contributed by atoms with Gasteiger partial charge in [0.1, 0.15) is 11.3 Å². The molecule has 3 heterocycles. The van der Waals surface area contributed by atoms with Crippen molar-refractivity contribution in [2.75, 3.05) is 0 Å². The van der Waals surface area contributed by atoms with Crippen LogP contribution in [0.4, 0.5) is 0 Å². The lowest BCUT2D eigenvalue weighted by Crippen LogP contribution is -2.00. The molecular weight excluding hydrogens is 697 g/mol. The highest BCUT2D eigenvalue weighted by Gasteiger charge is 2.20. The lowest BCUT2D eigenvalue weighted by atomic mass is 9.97. The summed E-state index contributed by atoms with van der Waals surface area (Å²) in [4.78, 5) is 20.4. The van der Waals surface area contributed by atoms with Gasteiger partial charge < -0.3 is 4.42 Å². The Morgan fingerprint density at radius 3 is 1.56 bits per heavy atom. The Bertz CT molecular complexity index is 3280. The van der Waals surface area contributed by atoms with Gasteiger partial charge in [-0.15, -0.1) is 0 Å². The Morgan fingerprint density at radius 2 is 0.825 bits per heavy atom. The summed E-state index contributed by atoms with van der Waals surface area (Å²) in [5.74, 6) is 1.85. The fourth-order valence-electron chi connectivity index (χ4n) is 7.89. The molecule has 5 nitrogen and oxygen atoms in total. The van der Waals surface area contributed by atoms with Gasteiger partial charge in [0.2, 0.25) is 0 Å². The van der Waals surface area contributed by atoms with Crippen LogP contribution >= 0.6 is 0 Å². The molecule has 0 radical (unpaired) electrons. The quantitative estimate of drug-likeness (QED) is 0.160. The fourth-order valence-corrected chi connectivity index (χ4v) is 7.89. The molecule has 0 atom stereocenters. The largest absolute Gasteiger partial charge is 0.454 e. The summed E-state index contributed by atoms with van der Waals surface area (Å²) in [5.41, 5.74) is 11.5. The van der Waals surface area contributed by atoms with Gasteiger partial charge in [0, 0.05) is 43.8 Å². The zero-order chi connectivity index (χ0) is 37.7. The molecule has 0 N–H and O–H groups in total. The second-order valence-electron chi connectivity index (χ2n) is 14.2. The summed E-state index contributed by atoms with van der Waals surface area (Å²) in [5, 5.41) is 5.52. The molecule has 0 aliphatic rings. The van der Waals surface area contributed by atoms with Crippen molar-refractivity contribution in [3.8, 4) is 67.7 Å². The van der Waals surface area contributed by atoms with Crippen LogP contribution in [0.25, 0.3) is 111 Å². The summed E-state index contributed by atoms with van der Waals surface area (Å²) >= 11 is 0. The summed E-state index contributed by atoms with van der Waals surface area (Å²) in [7, 11) is 0. The molecule has 0 saturated carbocycles. The van der Waals surface area contributed by atoms with E-state index in [1.54, 1.807) is 0 Å². The zero-order valence-corrected chi connectivity index (χ0v) is 30.7. The first-order chi connectivity index (χ1) is 28.2. The minimum absolute atomic E-state index is 0.607. The first kappa shape index (κ1) is 32.7. The van der Waals surface area contributed by atoms with E-state index in [0.29, 0.717) is 17.5 Å². The Labute approximate surface area is 328 Å². The highest BCUT2D eigenvalue weighted by atomic mass is 16.3. The summed E-state index contributed by atoms with van der Waals surface area (Å²) in [6.07, 6.45) is 0. The van der Waals surface area contributed by atoms with Gasteiger partial charge in [-0.2, -0.15) is 0 Å². The molecule has 11 rings (SSSR count). The van der Waals surface area contributed by atoms with Gasteiger partial charge in [-0.05, 0) is 45.8 Å². The van der Waals surface area contributed by atoms with Crippen molar-refractivity contribution in [2.24, 2.45) is 0 Å². The maximum absolute atomic E-state index is 6.62. The second kappa shape index (κ2) is 13.5. The van der Waals surface area contributed by atoms with Crippen LogP contribution < -0.4 is 0 Å². The van der Waals surface area contributed by atoms with E-state index in [4.69, 9.17) is 24.4 Å². The molecule has 3 aromatic heterocycles. The third-order valence-electron chi connectivity index (χ3n) is 10.7. The molecule has 5 heteroatoms. The number of para-hydroxylation sites is 1. The van der Waals surface area contributed by atoms with Crippen molar-refractivity contribution < 1.29 is 4.42 Å². The zero-order valence-electron chi connectivity index (χ0n) is 30.7. The molecule has 0 spiro atoms. The van der Waals surface area contributed by atoms with E-state index in [2.05, 4.69) is 146 Å². The summed E-state index contributed by atoms with van der Waals surface area (Å²) in [6.45, 7) is 0. The molecule has 0 saturated heterocycles. The van der Waals surface area contributed by atoms with Crippen molar-refractivity contribution in [3.63, 3.8) is 0 Å². The van der Waals surface area contributed by atoms with Crippen LogP contribution in [-0.4, -0.2) is 19.9 Å². The summed E-state index contributed by atoms with van der Waals surface area (Å²) in [6, 6.07) is 66.9. The molecular formula is C52H32N4O. The van der Waals surface area contributed by atoms with Crippen molar-refractivity contribution in [2.45, 2.75) is 0 Å². The predicted octanol–water partition coefficient (Wildman–Crippen LogP) is 13.5. The van der Waals surface area contributed by atoms with Crippen molar-refractivity contribution >= 4 is 43.6 Å². The average Bonchev–Trinajstić information content (AvgIpc) is 3.69.